The molecule has 0 radical (unpaired) electrons. The fourth-order valence-corrected chi connectivity index (χ4v) is 4.36. The van der Waals surface area contributed by atoms with Gasteiger partial charge in [0.2, 0.25) is 5.91 Å². The third kappa shape index (κ3) is 5.43. The van der Waals surface area contributed by atoms with Gasteiger partial charge in [0.05, 0.1) is 36.2 Å². The minimum Gasteiger partial charge on any atom is -0.453 e. The first kappa shape index (κ1) is 24.0. The number of fused-ring (bicyclic) bond motifs is 5. The Hall–Kier alpha value is -4.73. The number of carbonyl (C=O) groups excluding carboxylic acids is 3. The largest absolute Gasteiger partial charge is 0.453 e. The van der Waals surface area contributed by atoms with Crippen molar-refractivity contribution in [3.8, 4) is 11.3 Å². The van der Waals surface area contributed by atoms with Gasteiger partial charge in [-0.2, -0.15) is 0 Å². The summed E-state index contributed by atoms with van der Waals surface area (Å²) < 4.78 is 4.66. The highest BCUT2D eigenvalue weighted by Gasteiger charge is 2.22. The lowest BCUT2D eigenvalue weighted by Gasteiger charge is -2.18. The van der Waals surface area contributed by atoms with Crippen molar-refractivity contribution in [3.63, 3.8) is 0 Å². The number of pyridine rings is 1. The van der Waals surface area contributed by atoms with Crippen LogP contribution in [0.15, 0.2) is 60.9 Å². The summed E-state index contributed by atoms with van der Waals surface area (Å²) in [6, 6.07) is 14.0. The summed E-state index contributed by atoms with van der Waals surface area (Å²) in [5, 5.41) is 9.53. The minimum atomic E-state index is -0.607. The number of benzene rings is 2. The average molecular weight is 499 g/mol. The van der Waals surface area contributed by atoms with Gasteiger partial charge in [0.15, 0.2) is 0 Å². The number of nitrogens with one attached hydrogen (secondary N) is 4. The van der Waals surface area contributed by atoms with Gasteiger partial charge in [0, 0.05) is 34.8 Å². The lowest BCUT2D eigenvalue weighted by molar-refractivity contribution is -0.116. The van der Waals surface area contributed by atoms with Crippen molar-refractivity contribution in [1.29, 1.82) is 0 Å². The molecule has 188 valence electrons. The molecule has 3 amide bonds. The fraction of sp³-hybridized carbons (Fsp3) is 0.222. The highest BCUT2D eigenvalue weighted by atomic mass is 16.5. The SMILES string of the molecule is COC(=O)Nc1ccc2c(c1)NC(=O)CCCC[C@H](NC(=O)c1ccc3ncccc3c1)c1ncc-2[nH]1. The number of nitrogens with zero attached hydrogens (tertiary/aromatic N) is 2. The molecule has 4 N–H and O–H groups in total. The van der Waals surface area contributed by atoms with Crippen LogP contribution in [-0.2, 0) is 9.53 Å². The van der Waals surface area contributed by atoms with E-state index in [1.807, 2.05) is 24.3 Å². The van der Waals surface area contributed by atoms with E-state index in [-0.39, 0.29) is 17.9 Å². The number of aromatic nitrogens is 3. The van der Waals surface area contributed by atoms with Crippen molar-refractivity contribution in [1.82, 2.24) is 20.3 Å². The molecule has 0 spiro atoms. The van der Waals surface area contributed by atoms with Crippen LogP contribution in [0.3, 0.4) is 0 Å². The molecule has 2 aromatic carbocycles. The van der Waals surface area contributed by atoms with Crippen LogP contribution >= 0.6 is 0 Å². The van der Waals surface area contributed by atoms with Gasteiger partial charge in [-0.3, -0.25) is 19.9 Å². The number of anilines is 2. The first-order valence-corrected chi connectivity index (χ1v) is 12.0. The first-order valence-electron chi connectivity index (χ1n) is 12.0. The Labute approximate surface area is 212 Å². The van der Waals surface area contributed by atoms with Gasteiger partial charge in [0.25, 0.3) is 5.91 Å². The molecule has 1 atom stereocenters. The second kappa shape index (κ2) is 10.5. The highest BCUT2D eigenvalue weighted by molar-refractivity contribution is 5.98. The van der Waals surface area contributed by atoms with E-state index in [9.17, 15) is 14.4 Å². The van der Waals surface area contributed by atoms with Crippen LogP contribution in [0, 0.1) is 0 Å². The summed E-state index contributed by atoms with van der Waals surface area (Å²) in [4.78, 5) is 49.6. The lowest BCUT2D eigenvalue weighted by Crippen LogP contribution is -2.29. The standard InChI is InChI=1S/C27H26N6O4/c1-37-27(36)30-18-9-10-19-22(14-18)31-24(34)7-3-2-6-21(25-29-15-23(19)32-25)33-26(35)17-8-11-20-16(13-17)5-4-12-28-20/h4-5,8-15,21H,2-3,6-7H2,1H3,(H,29,32)(H,30,36)(H,31,34)(H,33,35)/t21-/m0/s1. The Morgan fingerprint density at radius 3 is 2.84 bits per heavy atom. The Morgan fingerprint density at radius 1 is 1.08 bits per heavy atom. The number of aromatic amines is 1. The summed E-state index contributed by atoms with van der Waals surface area (Å²) in [5.41, 5.74) is 3.74. The predicted octanol–water partition coefficient (Wildman–Crippen LogP) is 4.79. The van der Waals surface area contributed by atoms with E-state index in [1.165, 1.54) is 7.11 Å². The van der Waals surface area contributed by atoms with Crippen LogP contribution in [0.2, 0.25) is 0 Å². The number of imidazole rings is 1. The highest BCUT2D eigenvalue weighted by Crippen LogP contribution is 2.32. The number of H-pyrrole nitrogens is 1. The van der Waals surface area contributed by atoms with E-state index in [0.29, 0.717) is 59.7 Å². The minimum absolute atomic E-state index is 0.137. The smallest absolute Gasteiger partial charge is 0.411 e. The average Bonchev–Trinajstić information content (AvgIpc) is 3.39. The van der Waals surface area contributed by atoms with Crippen LogP contribution in [0.25, 0.3) is 22.2 Å². The maximum Gasteiger partial charge on any atom is 0.411 e. The van der Waals surface area contributed by atoms with E-state index >= 15 is 0 Å². The molecule has 0 fully saturated rings. The van der Waals surface area contributed by atoms with Crippen LogP contribution in [-0.4, -0.2) is 40.0 Å². The van der Waals surface area contributed by atoms with Gasteiger partial charge < -0.3 is 20.4 Å². The third-order valence-corrected chi connectivity index (χ3v) is 6.26. The number of methoxy groups -OCH3 is 1. The molecule has 2 aromatic heterocycles. The van der Waals surface area contributed by atoms with E-state index in [4.69, 9.17) is 0 Å². The van der Waals surface area contributed by atoms with Crippen molar-refractivity contribution in [2.24, 2.45) is 0 Å². The summed E-state index contributed by atoms with van der Waals surface area (Å²) >= 11 is 0. The number of hydrogen-bond acceptors (Lipinski definition) is 6. The second-order valence-electron chi connectivity index (χ2n) is 8.79. The zero-order valence-corrected chi connectivity index (χ0v) is 20.2. The summed E-state index contributed by atoms with van der Waals surface area (Å²) in [6.07, 6.45) is 5.09. The molecule has 1 aliphatic rings. The Kier molecular flexibility index (Phi) is 6.80. The maximum absolute atomic E-state index is 13.2. The number of carbonyl (C=O) groups is 3. The third-order valence-electron chi connectivity index (χ3n) is 6.26. The number of amides is 3. The van der Waals surface area contributed by atoms with Crippen LogP contribution < -0.4 is 16.0 Å². The van der Waals surface area contributed by atoms with Gasteiger partial charge in [-0.15, -0.1) is 0 Å². The van der Waals surface area contributed by atoms with Gasteiger partial charge in [-0.05, 0) is 55.3 Å². The first-order chi connectivity index (χ1) is 18.0. The van der Waals surface area contributed by atoms with E-state index in [1.54, 1.807) is 36.7 Å². The van der Waals surface area contributed by atoms with E-state index < -0.39 is 6.09 Å². The fourth-order valence-electron chi connectivity index (χ4n) is 4.36. The number of ether oxygens (including phenoxy) is 1. The maximum atomic E-state index is 13.2. The molecule has 0 unspecified atom stereocenters. The topological polar surface area (TPSA) is 138 Å². The Bertz CT molecular complexity index is 1480. The van der Waals surface area contributed by atoms with E-state index in [2.05, 4.69) is 35.6 Å². The molecular weight excluding hydrogens is 472 g/mol. The normalized spacial score (nSPS) is 15.5. The molecule has 10 nitrogen and oxygen atoms in total. The molecule has 1 aliphatic heterocycles. The number of rotatable bonds is 3. The summed E-state index contributed by atoms with van der Waals surface area (Å²) in [7, 11) is 1.28. The predicted molar refractivity (Wildman–Crippen MR) is 139 cm³/mol. The summed E-state index contributed by atoms with van der Waals surface area (Å²) in [6.45, 7) is 0. The van der Waals surface area contributed by atoms with Gasteiger partial charge >= 0.3 is 6.09 Å². The van der Waals surface area contributed by atoms with Gasteiger partial charge in [-0.25, -0.2) is 9.78 Å². The molecule has 2 bridgehead atoms. The molecule has 4 aromatic rings. The van der Waals surface area contributed by atoms with Gasteiger partial charge in [0.1, 0.15) is 5.82 Å². The Balaban J connectivity index is 1.44. The molecule has 0 saturated heterocycles. The monoisotopic (exact) mass is 498 g/mol. The van der Waals surface area contributed by atoms with Crippen LogP contribution in [0.4, 0.5) is 16.2 Å². The van der Waals surface area contributed by atoms with Crippen molar-refractivity contribution < 1.29 is 19.1 Å². The zero-order chi connectivity index (χ0) is 25.8. The van der Waals surface area contributed by atoms with Crippen molar-refractivity contribution in [3.05, 3.63) is 72.3 Å². The molecule has 0 saturated carbocycles. The molecule has 37 heavy (non-hydrogen) atoms. The molecule has 10 heteroatoms. The quantitative estimate of drug-likeness (QED) is 0.320. The number of hydrogen-bond donors (Lipinski definition) is 4. The van der Waals surface area contributed by atoms with Crippen molar-refractivity contribution in [2.75, 3.05) is 17.7 Å². The van der Waals surface area contributed by atoms with Crippen molar-refractivity contribution >= 4 is 40.2 Å². The Morgan fingerprint density at radius 2 is 1.97 bits per heavy atom. The molecule has 0 aliphatic carbocycles. The second-order valence-corrected chi connectivity index (χ2v) is 8.79. The van der Waals surface area contributed by atoms with Crippen LogP contribution in [0.1, 0.15) is 47.9 Å². The molecular formula is C27H26N6O4. The zero-order valence-electron chi connectivity index (χ0n) is 20.2. The van der Waals surface area contributed by atoms with Crippen molar-refractivity contribution in [2.45, 2.75) is 31.7 Å². The lowest BCUT2D eigenvalue weighted by atomic mass is 10.0. The van der Waals surface area contributed by atoms with Gasteiger partial charge in [-0.1, -0.05) is 12.5 Å². The molecule has 3 heterocycles. The molecule has 5 rings (SSSR count). The van der Waals surface area contributed by atoms with Crippen LogP contribution in [0.5, 0.6) is 0 Å². The van der Waals surface area contributed by atoms with E-state index in [0.717, 1.165) is 10.9 Å². The summed E-state index contributed by atoms with van der Waals surface area (Å²) in [5.74, 6) is 0.278.